The van der Waals surface area contributed by atoms with Gasteiger partial charge in [-0.2, -0.15) is 0 Å². The van der Waals surface area contributed by atoms with Gasteiger partial charge in [-0.1, -0.05) is 30.3 Å². The molecule has 1 aromatic heterocycles. The Labute approximate surface area is 150 Å². The summed E-state index contributed by atoms with van der Waals surface area (Å²) in [7, 11) is -3.35. The fourth-order valence-corrected chi connectivity index (χ4v) is 4.20. The van der Waals surface area contributed by atoms with Crippen LogP contribution in [0.1, 0.15) is 31.2 Å². The van der Waals surface area contributed by atoms with Gasteiger partial charge in [0, 0.05) is 13.1 Å². The number of aromatic nitrogens is 1. The van der Waals surface area contributed by atoms with E-state index in [1.807, 2.05) is 36.4 Å². The van der Waals surface area contributed by atoms with Crippen LogP contribution in [0.3, 0.4) is 0 Å². The molecular formula is C19H25N3O2S. The number of pyridine rings is 1. The molecular weight excluding hydrogens is 334 g/mol. The summed E-state index contributed by atoms with van der Waals surface area (Å²) < 4.78 is 27.1. The lowest BCUT2D eigenvalue weighted by Gasteiger charge is -2.27. The van der Waals surface area contributed by atoms with Gasteiger partial charge >= 0.3 is 0 Å². The fourth-order valence-electron chi connectivity index (χ4n) is 3.10. The van der Waals surface area contributed by atoms with E-state index < -0.39 is 10.0 Å². The van der Waals surface area contributed by atoms with Crippen LogP contribution in [0, 0.1) is 0 Å². The third kappa shape index (κ3) is 5.46. The molecule has 0 unspecified atom stereocenters. The van der Waals surface area contributed by atoms with Crippen molar-refractivity contribution < 1.29 is 8.42 Å². The molecule has 0 amide bonds. The number of hydrogen-bond acceptors (Lipinski definition) is 4. The maximum atomic E-state index is 12.2. The zero-order valence-corrected chi connectivity index (χ0v) is 15.2. The van der Waals surface area contributed by atoms with Crippen molar-refractivity contribution in [1.29, 1.82) is 0 Å². The van der Waals surface area contributed by atoms with Gasteiger partial charge in [0.15, 0.2) is 0 Å². The Kier molecular flexibility index (Phi) is 5.91. The molecule has 6 heteroatoms. The van der Waals surface area contributed by atoms with Gasteiger partial charge < -0.3 is 4.90 Å². The predicted molar refractivity (Wildman–Crippen MR) is 102 cm³/mol. The largest absolute Gasteiger partial charge is 0.357 e. The van der Waals surface area contributed by atoms with E-state index in [-0.39, 0.29) is 5.75 Å². The van der Waals surface area contributed by atoms with Crippen molar-refractivity contribution in [2.75, 3.05) is 28.5 Å². The lowest BCUT2D eigenvalue weighted by molar-refractivity contribution is 0.573. The van der Waals surface area contributed by atoms with Gasteiger partial charge in [0.2, 0.25) is 10.0 Å². The predicted octanol–water partition coefficient (Wildman–Crippen LogP) is 3.45. The average molecular weight is 359 g/mol. The molecule has 0 spiro atoms. The van der Waals surface area contributed by atoms with Crippen LogP contribution in [0.5, 0.6) is 0 Å². The third-order valence-corrected chi connectivity index (χ3v) is 5.80. The van der Waals surface area contributed by atoms with Crippen LogP contribution in [0.25, 0.3) is 0 Å². The highest BCUT2D eigenvalue weighted by Crippen LogP contribution is 2.19. The Morgan fingerprint density at radius 3 is 2.44 bits per heavy atom. The molecule has 0 aliphatic carbocycles. The monoisotopic (exact) mass is 359 g/mol. The molecule has 25 heavy (non-hydrogen) atoms. The number of piperidine rings is 1. The number of sulfonamides is 1. The molecule has 2 heterocycles. The van der Waals surface area contributed by atoms with Gasteiger partial charge in [0.25, 0.3) is 0 Å². The topological polar surface area (TPSA) is 62.3 Å². The smallest absolute Gasteiger partial charge is 0.232 e. The Bertz CT molecular complexity index is 755. The number of rotatable bonds is 7. The summed E-state index contributed by atoms with van der Waals surface area (Å²) in [6, 6.07) is 13.6. The van der Waals surface area contributed by atoms with Crippen molar-refractivity contribution >= 4 is 21.5 Å². The molecule has 0 radical (unpaired) electrons. The molecule has 5 nitrogen and oxygen atoms in total. The third-order valence-electron chi connectivity index (χ3n) is 4.42. The normalized spacial score (nSPS) is 15.1. The number of nitrogens with zero attached hydrogens (tertiary/aromatic N) is 2. The molecule has 1 aliphatic heterocycles. The van der Waals surface area contributed by atoms with E-state index in [0.717, 1.165) is 30.9 Å². The first-order valence-corrected chi connectivity index (χ1v) is 10.5. The van der Waals surface area contributed by atoms with Crippen molar-refractivity contribution in [3.8, 4) is 0 Å². The van der Waals surface area contributed by atoms with E-state index in [4.69, 9.17) is 0 Å². The van der Waals surface area contributed by atoms with Crippen molar-refractivity contribution in [3.05, 3.63) is 54.2 Å². The molecule has 1 fully saturated rings. The maximum absolute atomic E-state index is 12.2. The fraction of sp³-hybridized carbons (Fsp3) is 0.421. The Morgan fingerprint density at radius 1 is 1.00 bits per heavy atom. The SMILES string of the molecule is O=S(=O)(CCCc1ccccc1)Nc1ccc(N2CCCCC2)nc1. The molecule has 1 saturated heterocycles. The minimum Gasteiger partial charge on any atom is -0.357 e. The second-order valence-electron chi connectivity index (χ2n) is 6.46. The molecule has 3 rings (SSSR count). The summed E-state index contributed by atoms with van der Waals surface area (Å²) in [6.07, 6.45) is 6.62. The van der Waals surface area contributed by atoms with Crippen molar-refractivity contribution in [2.24, 2.45) is 0 Å². The number of hydrogen-bond donors (Lipinski definition) is 1. The standard InChI is InChI=1S/C19H25N3O2S/c23-25(24,15-7-10-17-8-3-1-4-9-17)21-18-11-12-19(20-16-18)22-13-5-2-6-14-22/h1,3-4,8-9,11-12,16,21H,2,5-7,10,13-15H2. The summed E-state index contributed by atoms with van der Waals surface area (Å²) in [5, 5.41) is 0. The molecule has 1 aromatic carbocycles. The van der Waals surface area contributed by atoms with E-state index >= 15 is 0 Å². The van der Waals surface area contributed by atoms with Crippen LogP contribution in [-0.2, 0) is 16.4 Å². The number of nitrogens with one attached hydrogen (secondary N) is 1. The van der Waals surface area contributed by atoms with E-state index in [1.54, 1.807) is 12.3 Å². The van der Waals surface area contributed by atoms with E-state index in [2.05, 4.69) is 14.6 Å². The summed E-state index contributed by atoms with van der Waals surface area (Å²) in [5.74, 6) is 1.03. The molecule has 134 valence electrons. The first kappa shape index (κ1) is 17.7. The lowest BCUT2D eigenvalue weighted by atomic mass is 10.1. The Hall–Kier alpha value is -2.08. The molecule has 0 atom stereocenters. The average Bonchev–Trinajstić information content (AvgIpc) is 2.63. The van der Waals surface area contributed by atoms with Crippen LogP contribution < -0.4 is 9.62 Å². The van der Waals surface area contributed by atoms with Crippen LogP contribution in [0.2, 0.25) is 0 Å². The van der Waals surface area contributed by atoms with E-state index in [1.165, 1.54) is 19.3 Å². The van der Waals surface area contributed by atoms with Gasteiger partial charge in [0.1, 0.15) is 5.82 Å². The van der Waals surface area contributed by atoms with Crippen LogP contribution in [0.4, 0.5) is 11.5 Å². The van der Waals surface area contributed by atoms with Gasteiger partial charge in [-0.25, -0.2) is 13.4 Å². The molecule has 2 aromatic rings. The molecule has 0 saturated carbocycles. The van der Waals surface area contributed by atoms with Gasteiger partial charge in [-0.05, 0) is 49.8 Å². The second-order valence-corrected chi connectivity index (χ2v) is 8.30. The lowest BCUT2D eigenvalue weighted by Crippen LogP contribution is -2.30. The zero-order valence-electron chi connectivity index (χ0n) is 14.4. The molecule has 1 N–H and O–H groups in total. The quantitative estimate of drug-likeness (QED) is 0.822. The highest BCUT2D eigenvalue weighted by atomic mass is 32.2. The number of benzene rings is 1. The van der Waals surface area contributed by atoms with Crippen molar-refractivity contribution in [3.63, 3.8) is 0 Å². The summed E-state index contributed by atoms with van der Waals surface area (Å²) in [6.45, 7) is 2.05. The van der Waals surface area contributed by atoms with Crippen LogP contribution in [0.15, 0.2) is 48.7 Å². The van der Waals surface area contributed by atoms with Gasteiger partial charge in [-0.3, -0.25) is 4.72 Å². The molecule has 1 aliphatic rings. The first-order chi connectivity index (χ1) is 12.1. The van der Waals surface area contributed by atoms with E-state index in [0.29, 0.717) is 12.1 Å². The summed E-state index contributed by atoms with van der Waals surface area (Å²) in [4.78, 5) is 6.67. The Morgan fingerprint density at radius 2 is 1.76 bits per heavy atom. The Balaban J connectivity index is 1.51. The van der Waals surface area contributed by atoms with Gasteiger partial charge in [-0.15, -0.1) is 0 Å². The van der Waals surface area contributed by atoms with Crippen molar-refractivity contribution in [2.45, 2.75) is 32.1 Å². The minimum atomic E-state index is -3.35. The second kappa shape index (κ2) is 8.34. The van der Waals surface area contributed by atoms with Crippen LogP contribution in [-0.4, -0.2) is 32.2 Å². The zero-order chi connectivity index (χ0) is 17.5. The highest BCUT2D eigenvalue weighted by molar-refractivity contribution is 7.92. The first-order valence-electron chi connectivity index (χ1n) is 8.88. The minimum absolute atomic E-state index is 0.107. The van der Waals surface area contributed by atoms with Gasteiger partial charge in [0.05, 0.1) is 17.6 Å². The highest BCUT2D eigenvalue weighted by Gasteiger charge is 2.13. The van der Waals surface area contributed by atoms with E-state index in [9.17, 15) is 8.42 Å². The van der Waals surface area contributed by atoms with Crippen molar-refractivity contribution in [1.82, 2.24) is 4.98 Å². The number of anilines is 2. The van der Waals surface area contributed by atoms with Crippen LogP contribution >= 0.6 is 0 Å². The number of aryl methyl sites for hydroxylation is 1. The maximum Gasteiger partial charge on any atom is 0.232 e. The molecule has 0 bridgehead atoms. The summed E-state index contributed by atoms with van der Waals surface area (Å²) in [5.41, 5.74) is 1.69. The summed E-state index contributed by atoms with van der Waals surface area (Å²) >= 11 is 0.